The van der Waals surface area contributed by atoms with Gasteiger partial charge in [0, 0.05) is 37.8 Å². The molecule has 1 aliphatic rings. The van der Waals surface area contributed by atoms with E-state index in [1.165, 1.54) is 24.3 Å². The van der Waals surface area contributed by atoms with E-state index in [9.17, 15) is 18.8 Å². The molecule has 0 bridgehead atoms. The SMILES string of the molecule is CC(=O)N1CCC(C(=O)NCc2cccc(NC(=O)c3ccc(F)cc3)c2)(c2ccccc2)CC1. The third-order valence-corrected chi connectivity index (χ3v) is 6.57. The largest absolute Gasteiger partial charge is 0.351 e. The Bertz CT molecular complexity index is 1200. The summed E-state index contributed by atoms with van der Waals surface area (Å²) < 4.78 is 13.1. The van der Waals surface area contributed by atoms with Gasteiger partial charge in [-0.15, -0.1) is 0 Å². The Morgan fingerprint density at radius 3 is 2.26 bits per heavy atom. The highest BCUT2D eigenvalue weighted by Gasteiger charge is 2.43. The van der Waals surface area contributed by atoms with Crippen LogP contribution in [0.5, 0.6) is 0 Å². The molecule has 0 unspecified atom stereocenters. The summed E-state index contributed by atoms with van der Waals surface area (Å²) in [5.41, 5.74) is 2.01. The van der Waals surface area contributed by atoms with Crippen molar-refractivity contribution in [2.24, 2.45) is 0 Å². The second-order valence-electron chi connectivity index (χ2n) is 8.80. The molecule has 1 heterocycles. The van der Waals surface area contributed by atoms with Gasteiger partial charge < -0.3 is 15.5 Å². The standard InChI is InChI=1S/C28H28FN3O3/c1-20(33)32-16-14-28(15-17-32,23-7-3-2-4-8-23)27(35)30-19-21-6-5-9-25(18-21)31-26(34)22-10-12-24(29)13-11-22/h2-13,18H,14-17,19H2,1H3,(H,30,35)(H,31,34). The predicted octanol–water partition coefficient (Wildman–Crippen LogP) is 4.27. The van der Waals surface area contributed by atoms with E-state index < -0.39 is 11.2 Å². The lowest BCUT2D eigenvalue weighted by molar-refractivity contribution is -0.135. The highest BCUT2D eigenvalue weighted by molar-refractivity contribution is 6.04. The van der Waals surface area contributed by atoms with Crippen LogP contribution < -0.4 is 10.6 Å². The minimum Gasteiger partial charge on any atom is -0.351 e. The van der Waals surface area contributed by atoms with Gasteiger partial charge in [0.15, 0.2) is 0 Å². The molecular formula is C28H28FN3O3. The number of carbonyl (C=O) groups is 3. The maximum absolute atomic E-state index is 13.5. The topological polar surface area (TPSA) is 78.5 Å². The maximum Gasteiger partial charge on any atom is 0.255 e. The minimum absolute atomic E-state index is 0.0200. The average Bonchev–Trinajstić information content (AvgIpc) is 2.88. The van der Waals surface area contributed by atoms with Crippen molar-refractivity contribution in [3.63, 3.8) is 0 Å². The van der Waals surface area contributed by atoms with Crippen LogP contribution in [-0.4, -0.2) is 35.7 Å². The Labute approximate surface area is 204 Å². The number of halogens is 1. The molecule has 3 aromatic rings. The smallest absolute Gasteiger partial charge is 0.255 e. The fourth-order valence-electron chi connectivity index (χ4n) is 4.52. The summed E-state index contributed by atoms with van der Waals surface area (Å²) >= 11 is 0. The van der Waals surface area contributed by atoms with Gasteiger partial charge in [-0.3, -0.25) is 14.4 Å². The summed E-state index contributed by atoms with van der Waals surface area (Å²) in [6.45, 7) is 2.91. The average molecular weight is 474 g/mol. The molecule has 35 heavy (non-hydrogen) atoms. The van der Waals surface area contributed by atoms with Crippen LogP contribution >= 0.6 is 0 Å². The van der Waals surface area contributed by atoms with E-state index in [0.29, 0.717) is 43.7 Å². The lowest BCUT2D eigenvalue weighted by Gasteiger charge is -2.40. The molecule has 7 heteroatoms. The van der Waals surface area contributed by atoms with Gasteiger partial charge in [-0.05, 0) is 60.4 Å². The predicted molar refractivity (Wildman–Crippen MR) is 132 cm³/mol. The fraction of sp³-hybridized carbons (Fsp3) is 0.250. The Morgan fingerprint density at radius 2 is 1.60 bits per heavy atom. The molecular weight excluding hydrogens is 445 g/mol. The van der Waals surface area contributed by atoms with E-state index in [4.69, 9.17) is 0 Å². The van der Waals surface area contributed by atoms with E-state index in [0.717, 1.165) is 11.1 Å². The summed E-state index contributed by atoms with van der Waals surface area (Å²) in [4.78, 5) is 39.6. The molecule has 0 saturated carbocycles. The molecule has 3 aromatic carbocycles. The first-order valence-electron chi connectivity index (χ1n) is 11.6. The van der Waals surface area contributed by atoms with E-state index in [1.807, 2.05) is 36.4 Å². The molecule has 0 aromatic heterocycles. The zero-order valence-corrected chi connectivity index (χ0v) is 19.6. The van der Waals surface area contributed by atoms with Crippen LogP contribution in [0.3, 0.4) is 0 Å². The van der Waals surface area contributed by atoms with Gasteiger partial charge >= 0.3 is 0 Å². The van der Waals surface area contributed by atoms with Crippen molar-refractivity contribution < 1.29 is 18.8 Å². The highest BCUT2D eigenvalue weighted by atomic mass is 19.1. The van der Waals surface area contributed by atoms with Gasteiger partial charge in [0.2, 0.25) is 11.8 Å². The van der Waals surface area contributed by atoms with Crippen molar-refractivity contribution in [1.29, 1.82) is 0 Å². The molecule has 1 aliphatic heterocycles. The molecule has 0 aliphatic carbocycles. The number of hydrogen-bond acceptors (Lipinski definition) is 3. The van der Waals surface area contributed by atoms with Crippen molar-refractivity contribution >= 4 is 23.4 Å². The monoisotopic (exact) mass is 473 g/mol. The first-order chi connectivity index (χ1) is 16.9. The molecule has 0 atom stereocenters. The summed E-state index contributed by atoms with van der Waals surface area (Å²) in [5, 5.41) is 5.88. The van der Waals surface area contributed by atoms with Crippen molar-refractivity contribution in [2.45, 2.75) is 31.7 Å². The second-order valence-corrected chi connectivity index (χ2v) is 8.80. The number of nitrogens with zero attached hydrogens (tertiary/aromatic N) is 1. The molecule has 4 rings (SSSR count). The second kappa shape index (κ2) is 10.5. The lowest BCUT2D eigenvalue weighted by atomic mass is 9.72. The van der Waals surface area contributed by atoms with Crippen LogP contribution in [0.1, 0.15) is 41.3 Å². The normalized spacial score (nSPS) is 14.7. The van der Waals surface area contributed by atoms with Crippen LogP contribution in [0.2, 0.25) is 0 Å². The number of amides is 3. The molecule has 6 nitrogen and oxygen atoms in total. The third-order valence-electron chi connectivity index (χ3n) is 6.57. The first kappa shape index (κ1) is 24.1. The molecule has 1 fully saturated rings. The number of nitrogens with one attached hydrogen (secondary N) is 2. The van der Waals surface area contributed by atoms with Gasteiger partial charge in [-0.25, -0.2) is 4.39 Å². The van der Waals surface area contributed by atoms with Gasteiger partial charge in [0.05, 0.1) is 5.41 Å². The first-order valence-corrected chi connectivity index (χ1v) is 11.6. The van der Waals surface area contributed by atoms with Gasteiger partial charge in [-0.1, -0.05) is 42.5 Å². The van der Waals surface area contributed by atoms with Crippen LogP contribution in [0.15, 0.2) is 78.9 Å². The number of benzene rings is 3. The Morgan fingerprint density at radius 1 is 0.914 bits per heavy atom. The van der Waals surface area contributed by atoms with E-state index >= 15 is 0 Å². The molecule has 3 amide bonds. The minimum atomic E-state index is -0.707. The quantitative estimate of drug-likeness (QED) is 0.561. The molecule has 180 valence electrons. The van der Waals surface area contributed by atoms with E-state index in [1.54, 1.807) is 30.0 Å². The van der Waals surface area contributed by atoms with Gasteiger partial charge in [-0.2, -0.15) is 0 Å². The van der Waals surface area contributed by atoms with Gasteiger partial charge in [0.25, 0.3) is 5.91 Å². The maximum atomic E-state index is 13.5. The summed E-state index contributed by atoms with van der Waals surface area (Å²) in [5.74, 6) is -0.801. The number of carbonyl (C=O) groups excluding carboxylic acids is 3. The van der Waals surface area contributed by atoms with Crippen molar-refractivity contribution in [3.8, 4) is 0 Å². The molecule has 1 saturated heterocycles. The number of anilines is 1. The Hall–Kier alpha value is -4.00. The molecule has 0 radical (unpaired) electrons. The Balaban J connectivity index is 1.45. The van der Waals surface area contributed by atoms with Crippen molar-refractivity contribution in [1.82, 2.24) is 10.2 Å². The number of rotatable bonds is 6. The number of likely N-dealkylation sites (tertiary alicyclic amines) is 1. The van der Waals surface area contributed by atoms with Crippen molar-refractivity contribution in [3.05, 3.63) is 101 Å². The van der Waals surface area contributed by atoms with E-state index in [2.05, 4.69) is 10.6 Å². The van der Waals surface area contributed by atoms with E-state index in [-0.39, 0.29) is 17.7 Å². The van der Waals surface area contributed by atoms with Crippen molar-refractivity contribution in [2.75, 3.05) is 18.4 Å². The zero-order chi connectivity index (χ0) is 24.8. The third kappa shape index (κ3) is 5.57. The highest BCUT2D eigenvalue weighted by Crippen LogP contribution is 2.36. The summed E-state index contributed by atoms with van der Waals surface area (Å²) in [7, 11) is 0. The zero-order valence-electron chi connectivity index (χ0n) is 19.6. The van der Waals surface area contributed by atoms with Crippen LogP contribution in [0, 0.1) is 5.82 Å². The summed E-state index contributed by atoms with van der Waals surface area (Å²) in [6, 6.07) is 22.3. The fourth-order valence-corrected chi connectivity index (χ4v) is 4.52. The number of piperidine rings is 1. The van der Waals surface area contributed by atoms with Crippen LogP contribution in [-0.2, 0) is 21.5 Å². The van der Waals surface area contributed by atoms with Gasteiger partial charge in [0.1, 0.15) is 5.82 Å². The molecule has 2 N–H and O–H groups in total. The number of hydrogen-bond donors (Lipinski definition) is 2. The summed E-state index contributed by atoms with van der Waals surface area (Å²) in [6.07, 6.45) is 1.10. The lowest BCUT2D eigenvalue weighted by Crippen LogP contribution is -2.52. The van der Waals surface area contributed by atoms with Crippen LogP contribution in [0.25, 0.3) is 0 Å². The molecule has 0 spiro atoms. The van der Waals surface area contributed by atoms with Crippen LogP contribution in [0.4, 0.5) is 10.1 Å². The Kier molecular flexibility index (Phi) is 7.25.